The van der Waals surface area contributed by atoms with E-state index in [9.17, 15) is 13.2 Å². The molecule has 0 bridgehead atoms. The minimum Gasteiger partial charge on any atom is -0.462 e. The summed E-state index contributed by atoms with van der Waals surface area (Å²) in [6, 6.07) is 2.61. The number of pyridine rings is 1. The number of nitriles is 1. The molecule has 0 atom stereocenters. The quantitative estimate of drug-likeness (QED) is 0.820. The highest BCUT2D eigenvalue weighted by Crippen LogP contribution is 2.36. The van der Waals surface area contributed by atoms with E-state index in [-0.39, 0.29) is 5.92 Å². The molecule has 17 heavy (non-hydrogen) atoms. The molecule has 0 radical (unpaired) electrons. The fraction of sp³-hybridized carbons (Fsp3) is 0.455. The van der Waals surface area contributed by atoms with Crippen LogP contribution in [0.15, 0.2) is 12.3 Å². The van der Waals surface area contributed by atoms with Crippen LogP contribution in [0.25, 0.3) is 0 Å². The zero-order chi connectivity index (χ0) is 13.1. The highest BCUT2D eigenvalue weighted by Gasteiger charge is 2.35. The molecule has 0 saturated heterocycles. The SMILES string of the molecule is CC(C)c1cnc(OCC#N)c(C(F)(F)F)c1. The maximum Gasteiger partial charge on any atom is 0.421 e. The molecule has 1 rings (SSSR count). The van der Waals surface area contributed by atoms with Crippen molar-refractivity contribution >= 4 is 0 Å². The predicted molar refractivity (Wildman–Crippen MR) is 54.4 cm³/mol. The molecule has 1 aromatic rings. The van der Waals surface area contributed by atoms with Crippen molar-refractivity contribution in [1.82, 2.24) is 4.98 Å². The number of halogens is 3. The first-order chi connectivity index (χ1) is 7.86. The molecule has 0 amide bonds. The molecule has 0 aliphatic carbocycles. The topological polar surface area (TPSA) is 45.9 Å². The lowest BCUT2D eigenvalue weighted by molar-refractivity contribution is -0.139. The second kappa shape index (κ2) is 5.04. The molecular weight excluding hydrogens is 233 g/mol. The smallest absolute Gasteiger partial charge is 0.421 e. The molecule has 0 aliphatic heterocycles. The van der Waals surface area contributed by atoms with Gasteiger partial charge >= 0.3 is 6.18 Å². The summed E-state index contributed by atoms with van der Waals surface area (Å²) in [4.78, 5) is 3.61. The van der Waals surface area contributed by atoms with Crippen LogP contribution < -0.4 is 4.74 Å². The standard InChI is InChI=1S/C11H11F3N2O/c1-7(2)8-5-9(11(12,13)14)10(16-6-8)17-4-3-15/h5-7H,4H2,1-2H3. The summed E-state index contributed by atoms with van der Waals surface area (Å²) in [5.74, 6) is -0.614. The van der Waals surface area contributed by atoms with Gasteiger partial charge in [-0.05, 0) is 17.5 Å². The van der Waals surface area contributed by atoms with Crippen molar-refractivity contribution in [2.75, 3.05) is 6.61 Å². The molecule has 0 spiro atoms. The first kappa shape index (κ1) is 13.3. The van der Waals surface area contributed by atoms with Gasteiger partial charge in [-0.3, -0.25) is 0 Å². The summed E-state index contributed by atoms with van der Waals surface area (Å²) in [5.41, 5.74) is -0.472. The Hall–Kier alpha value is -1.77. The molecule has 1 heterocycles. The average molecular weight is 244 g/mol. The molecule has 6 heteroatoms. The maximum absolute atomic E-state index is 12.7. The van der Waals surface area contributed by atoms with Gasteiger partial charge in [-0.15, -0.1) is 0 Å². The Balaban J connectivity index is 3.18. The van der Waals surface area contributed by atoms with Gasteiger partial charge in [0.2, 0.25) is 5.88 Å². The van der Waals surface area contributed by atoms with E-state index < -0.39 is 24.2 Å². The molecule has 1 aromatic heterocycles. The fourth-order valence-corrected chi connectivity index (χ4v) is 1.20. The third-order valence-electron chi connectivity index (χ3n) is 2.12. The van der Waals surface area contributed by atoms with Crippen molar-refractivity contribution in [1.29, 1.82) is 5.26 Å². The molecule has 0 saturated carbocycles. The third-order valence-corrected chi connectivity index (χ3v) is 2.12. The van der Waals surface area contributed by atoms with E-state index in [0.29, 0.717) is 5.56 Å². The largest absolute Gasteiger partial charge is 0.462 e. The number of alkyl halides is 3. The van der Waals surface area contributed by atoms with Crippen LogP contribution in [0.1, 0.15) is 30.9 Å². The Kier molecular flexibility index (Phi) is 3.94. The van der Waals surface area contributed by atoms with Gasteiger partial charge < -0.3 is 4.74 Å². The third kappa shape index (κ3) is 3.34. The lowest BCUT2D eigenvalue weighted by atomic mass is 10.0. The van der Waals surface area contributed by atoms with Gasteiger partial charge in [0.25, 0.3) is 0 Å². The number of ether oxygens (including phenoxy) is 1. The molecule has 0 aliphatic rings. The maximum atomic E-state index is 12.7. The van der Waals surface area contributed by atoms with Crippen LogP contribution in [-0.4, -0.2) is 11.6 Å². The number of nitrogens with zero attached hydrogens (tertiary/aromatic N) is 2. The van der Waals surface area contributed by atoms with Gasteiger partial charge in [0.15, 0.2) is 6.61 Å². The van der Waals surface area contributed by atoms with E-state index >= 15 is 0 Å². The molecule has 92 valence electrons. The van der Waals surface area contributed by atoms with Gasteiger partial charge in [-0.25, -0.2) is 4.98 Å². The Morgan fingerprint density at radius 1 is 1.47 bits per heavy atom. The summed E-state index contributed by atoms with van der Waals surface area (Å²) in [5, 5.41) is 8.28. The second-order valence-electron chi connectivity index (χ2n) is 3.72. The van der Waals surface area contributed by atoms with E-state index in [0.717, 1.165) is 6.07 Å². The zero-order valence-electron chi connectivity index (χ0n) is 9.38. The van der Waals surface area contributed by atoms with Crippen LogP contribution in [-0.2, 0) is 6.18 Å². The van der Waals surface area contributed by atoms with Crippen LogP contribution >= 0.6 is 0 Å². The van der Waals surface area contributed by atoms with E-state index in [1.807, 2.05) is 0 Å². The first-order valence-electron chi connectivity index (χ1n) is 4.93. The van der Waals surface area contributed by atoms with Crippen LogP contribution in [0.5, 0.6) is 5.88 Å². The van der Waals surface area contributed by atoms with Crippen LogP contribution in [0.2, 0.25) is 0 Å². The molecular formula is C11H11F3N2O. The minimum atomic E-state index is -4.54. The van der Waals surface area contributed by atoms with Crippen molar-refractivity contribution in [3.63, 3.8) is 0 Å². The monoisotopic (exact) mass is 244 g/mol. The Bertz CT molecular complexity index is 435. The van der Waals surface area contributed by atoms with Crippen molar-refractivity contribution in [2.24, 2.45) is 0 Å². The highest BCUT2D eigenvalue weighted by molar-refractivity contribution is 5.33. The Morgan fingerprint density at radius 3 is 2.59 bits per heavy atom. The predicted octanol–water partition coefficient (Wildman–Crippen LogP) is 3.13. The van der Waals surface area contributed by atoms with Crippen molar-refractivity contribution in [2.45, 2.75) is 25.9 Å². The summed E-state index contributed by atoms with van der Waals surface area (Å²) >= 11 is 0. The zero-order valence-corrected chi connectivity index (χ0v) is 9.38. The lowest BCUT2D eigenvalue weighted by Crippen LogP contribution is -2.11. The van der Waals surface area contributed by atoms with E-state index in [1.165, 1.54) is 6.20 Å². The summed E-state index contributed by atoms with van der Waals surface area (Å²) < 4.78 is 42.8. The van der Waals surface area contributed by atoms with Gasteiger partial charge in [0.1, 0.15) is 11.6 Å². The van der Waals surface area contributed by atoms with Crippen molar-refractivity contribution in [3.05, 3.63) is 23.4 Å². The summed E-state index contributed by atoms with van der Waals surface area (Å²) in [6.07, 6.45) is -3.21. The fourth-order valence-electron chi connectivity index (χ4n) is 1.20. The van der Waals surface area contributed by atoms with Crippen LogP contribution in [0.4, 0.5) is 13.2 Å². The normalized spacial score (nSPS) is 11.4. The number of aromatic nitrogens is 1. The summed E-state index contributed by atoms with van der Waals surface area (Å²) in [7, 11) is 0. The number of hydrogen-bond acceptors (Lipinski definition) is 3. The first-order valence-corrected chi connectivity index (χ1v) is 4.93. The Labute approximate surface area is 96.8 Å². The molecule has 0 fully saturated rings. The second-order valence-corrected chi connectivity index (χ2v) is 3.72. The van der Waals surface area contributed by atoms with Crippen LogP contribution in [0, 0.1) is 11.3 Å². The van der Waals surface area contributed by atoms with Gasteiger partial charge in [0.05, 0.1) is 0 Å². The molecule has 0 aromatic carbocycles. The van der Waals surface area contributed by atoms with E-state index in [1.54, 1.807) is 19.9 Å². The minimum absolute atomic E-state index is 0.0615. The van der Waals surface area contributed by atoms with Gasteiger partial charge in [0, 0.05) is 6.20 Å². The van der Waals surface area contributed by atoms with Crippen LogP contribution in [0.3, 0.4) is 0 Å². The van der Waals surface area contributed by atoms with E-state index in [2.05, 4.69) is 9.72 Å². The molecule has 0 N–H and O–H groups in total. The number of hydrogen-bond donors (Lipinski definition) is 0. The molecule has 3 nitrogen and oxygen atoms in total. The van der Waals surface area contributed by atoms with Gasteiger partial charge in [-0.2, -0.15) is 18.4 Å². The van der Waals surface area contributed by atoms with E-state index in [4.69, 9.17) is 5.26 Å². The van der Waals surface area contributed by atoms with Crippen molar-refractivity contribution < 1.29 is 17.9 Å². The average Bonchev–Trinajstić information content (AvgIpc) is 2.24. The van der Waals surface area contributed by atoms with Gasteiger partial charge in [-0.1, -0.05) is 13.8 Å². The molecule has 0 unspecified atom stereocenters. The number of rotatable bonds is 3. The highest BCUT2D eigenvalue weighted by atomic mass is 19.4. The summed E-state index contributed by atoms with van der Waals surface area (Å²) in [6.45, 7) is 3.08. The Morgan fingerprint density at radius 2 is 2.12 bits per heavy atom. The lowest BCUT2D eigenvalue weighted by Gasteiger charge is -2.14. The van der Waals surface area contributed by atoms with Crippen molar-refractivity contribution in [3.8, 4) is 11.9 Å².